The van der Waals surface area contributed by atoms with Crippen LogP contribution in [0.15, 0.2) is 22.0 Å². The third-order valence-electron chi connectivity index (χ3n) is 8.93. The fourth-order valence-corrected chi connectivity index (χ4v) is 7.87. The molecule has 2 saturated heterocycles. The molecule has 0 spiro atoms. The summed E-state index contributed by atoms with van der Waals surface area (Å²) in [7, 11) is -1.93. The summed E-state index contributed by atoms with van der Waals surface area (Å²) in [5.74, 6) is 0.0788. The first kappa shape index (κ1) is 36.2. The number of halogens is 2. The summed E-state index contributed by atoms with van der Waals surface area (Å²) in [5.41, 5.74) is 11.6. The molecule has 2 fully saturated rings. The van der Waals surface area contributed by atoms with Gasteiger partial charge in [-0.2, -0.15) is 9.97 Å². The molecule has 16 nitrogen and oxygen atoms in total. The summed E-state index contributed by atoms with van der Waals surface area (Å²) in [4.78, 5) is 37.5. The minimum Gasteiger partial charge on any atom is -0.414 e. The highest BCUT2D eigenvalue weighted by Gasteiger charge is 2.41. The number of nitrogens with one attached hydrogen (secondary N) is 2. The molecule has 2 aliphatic rings. The number of nitrogen functional groups attached to an aromatic ring is 2. The van der Waals surface area contributed by atoms with E-state index in [1.54, 1.807) is 21.5 Å². The van der Waals surface area contributed by atoms with Crippen molar-refractivity contribution >= 4 is 87.5 Å². The number of rotatable bonds is 6. The lowest BCUT2D eigenvalue weighted by atomic mass is 10.2. The third kappa shape index (κ3) is 7.27. The molecule has 4 aromatic rings. The molecule has 258 valence electrons. The quantitative estimate of drug-likeness (QED) is 0.109. The largest absolute Gasteiger partial charge is 0.414 e. The molecule has 9 N–H and O–H groups in total. The molecule has 4 aromatic heterocycles. The molecular weight excluding hydrogens is 858 g/mol. The van der Waals surface area contributed by atoms with Crippen LogP contribution in [-0.4, -0.2) is 90.3 Å². The van der Waals surface area contributed by atoms with E-state index in [2.05, 4.69) is 76.4 Å². The van der Waals surface area contributed by atoms with Gasteiger partial charge in [0.15, 0.2) is 19.6 Å². The van der Waals surface area contributed by atoms with Crippen molar-refractivity contribution in [3.8, 4) is 0 Å². The number of fused-ring (bicyclic) bond motifs is 2. The van der Waals surface area contributed by atoms with Crippen molar-refractivity contribution in [1.29, 1.82) is 0 Å². The molecule has 0 aliphatic carbocycles. The second-order valence-corrected chi connectivity index (χ2v) is 20.3. The maximum atomic E-state index is 12.2. The Labute approximate surface area is 297 Å². The number of ether oxygens (including phenoxy) is 2. The average Bonchev–Trinajstić information content (AvgIpc) is 3.70. The van der Waals surface area contributed by atoms with Gasteiger partial charge in [-0.1, -0.05) is 20.8 Å². The number of nitrogens with two attached hydrogens (primary N) is 2. The molecular formula is C28H40I2N8O8Si. The summed E-state index contributed by atoms with van der Waals surface area (Å²) >= 11 is 4.12. The Morgan fingerprint density at radius 1 is 0.915 bits per heavy atom. The fourth-order valence-electron chi connectivity index (χ4n) is 5.29. The van der Waals surface area contributed by atoms with Crippen molar-refractivity contribution in [2.75, 3.05) is 24.7 Å². The second kappa shape index (κ2) is 13.6. The number of anilines is 2. The second-order valence-electron chi connectivity index (χ2n) is 13.2. The van der Waals surface area contributed by atoms with Gasteiger partial charge in [0.1, 0.15) is 24.7 Å². The number of aliphatic hydroxyl groups excluding tert-OH is 3. The van der Waals surface area contributed by atoms with Crippen molar-refractivity contribution in [2.45, 2.75) is 88.6 Å². The van der Waals surface area contributed by atoms with E-state index >= 15 is 0 Å². The van der Waals surface area contributed by atoms with Crippen LogP contribution in [-0.2, 0) is 13.9 Å². The summed E-state index contributed by atoms with van der Waals surface area (Å²) < 4.78 is 22.8. The zero-order valence-electron chi connectivity index (χ0n) is 26.5. The average molecular weight is 899 g/mol. The van der Waals surface area contributed by atoms with E-state index in [9.17, 15) is 19.8 Å². The van der Waals surface area contributed by atoms with E-state index in [0.717, 1.165) is 7.14 Å². The number of hydrogen-bond donors (Lipinski definition) is 7. The lowest BCUT2D eigenvalue weighted by Gasteiger charge is -2.37. The van der Waals surface area contributed by atoms with Crippen LogP contribution in [0.25, 0.3) is 22.1 Å². The van der Waals surface area contributed by atoms with Crippen LogP contribution in [0.5, 0.6) is 0 Å². The first-order valence-corrected chi connectivity index (χ1v) is 20.0. The monoisotopic (exact) mass is 898 g/mol. The number of aromatic amines is 2. The molecule has 2 aliphatic heterocycles. The molecule has 6 rings (SSSR count). The maximum absolute atomic E-state index is 12.2. The van der Waals surface area contributed by atoms with Crippen molar-refractivity contribution < 1.29 is 29.2 Å². The first-order chi connectivity index (χ1) is 21.9. The number of nitrogens with zero attached hydrogens (tertiary/aromatic N) is 4. The Hall–Kier alpha value is -2.12. The Balaban J connectivity index is 0.000000193. The van der Waals surface area contributed by atoms with Gasteiger partial charge in [0.25, 0.3) is 11.1 Å². The van der Waals surface area contributed by atoms with E-state index < -0.39 is 45.2 Å². The summed E-state index contributed by atoms with van der Waals surface area (Å²) in [6.07, 6.45) is 0.904. The van der Waals surface area contributed by atoms with Crippen LogP contribution in [0, 0.1) is 7.14 Å². The topological polar surface area (TPSA) is 242 Å². The van der Waals surface area contributed by atoms with Crippen LogP contribution in [0.1, 0.15) is 46.1 Å². The van der Waals surface area contributed by atoms with Gasteiger partial charge in [-0.15, -0.1) is 0 Å². The van der Waals surface area contributed by atoms with Gasteiger partial charge in [-0.05, 0) is 63.3 Å². The van der Waals surface area contributed by atoms with Crippen LogP contribution < -0.4 is 22.6 Å². The van der Waals surface area contributed by atoms with E-state index in [1.807, 2.05) is 22.6 Å². The van der Waals surface area contributed by atoms with Gasteiger partial charge >= 0.3 is 0 Å². The summed E-state index contributed by atoms with van der Waals surface area (Å²) in [6.45, 7) is 11.0. The van der Waals surface area contributed by atoms with Gasteiger partial charge in [0.05, 0.1) is 36.2 Å². The predicted octanol–water partition coefficient (Wildman–Crippen LogP) is 2.13. The minimum absolute atomic E-state index is 0.0236. The van der Waals surface area contributed by atoms with Gasteiger partial charge < -0.3 is 49.8 Å². The third-order valence-corrected chi connectivity index (χ3v) is 15.1. The van der Waals surface area contributed by atoms with Gasteiger partial charge in [0, 0.05) is 32.4 Å². The zero-order chi connectivity index (χ0) is 34.6. The zero-order valence-corrected chi connectivity index (χ0v) is 31.8. The van der Waals surface area contributed by atoms with Crippen molar-refractivity contribution in [2.24, 2.45) is 0 Å². The highest BCUT2D eigenvalue weighted by molar-refractivity contribution is 14.1. The molecule has 0 radical (unpaired) electrons. The Morgan fingerprint density at radius 3 is 1.74 bits per heavy atom. The molecule has 47 heavy (non-hydrogen) atoms. The molecule has 0 bridgehead atoms. The number of aromatic nitrogens is 6. The normalized spacial score (nSPS) is 25.1. The standard InChI is InChI=1S/C17H27IN4O4Si.C11H13IN4O4/c1-17(2,3)27(4,5)25-8-11-10(23)6-12(26-11)22-7-9(18)13-14(22)20-16(19)21-15(13)24;12-4-2-16(7-1-5(18)6(3-17)20-7)9-8(4)10(19)15-11(13)14-9/h7,10-12,23H,6,8H2,1-5H3,(H3,19,20,21,24);2,5-7,17-18H,1,3H2,(H3,13,14,15,19). The fraction of sp³-hybridized carbons (Fsp3) is 0.571. The van der Waals surface area contributed by atoms with E-state index in [4.69, 9.17) is 30.5 Å². The molecule has 19 heteroatoms. The molecule has 6 unspecified atom stereocenters. The maximum Gasteiger partial charge on any atom is 0.262 e. The summed E-state index contributed by atoms with van der Waals surface area (Å²) in [6, 6.07) is 0. The van der Waals surface area contributed by atoms with Gasteiger partial charge in [0.2, 0.25) is 11.9 Å². The van der Waals surface area contributed by atoms with Crippen molar-refractivity contribution in [1.82, 2.24) is 29.1 Å². The molecule has 6 atom stereocenters. The molecule has 0 amide bonds. The van der Waals surface area contributed by atoms with E-state index in [1.165, 1.54) is 0 Å². The van der Waals surface area contributed by atoms with Gasteiger partial charge in [-0.3, -0.25) is 19.6 Å². The number of hydrogen-bond acceptors (Lipinski definition) is 12. The smallest absolute Gasteiger partial charge is 0.262 e. The molecule has 6 heterocycles. The molecule has 0 aromatic carbocycles. The highest BCUT2D eigenvalue weighted by Crippen LogP contribution is 2.38. The number of aliphatic hydroxyl groups is 3. The summed E-state index contributed by atoms with van der Waals surface area (Å²) in [5, 5.41) is 30.4. The predicted molar refractivity (Wildman–Crippen MR) is 194 cm³/mol. The van der Waals surface area contributed by atoms with E-state index in [0.29, 0.717) is 41.5 Å². The SMILES string of the molecule is CC(C)(C)[Si](C)(C)OCC1OC(n2cc(I)c3c(=O)[nH]c(N)nc32)CC1O.Nc1nc2c(c(I)cn2C2CC(O)C(CO)O2)c(=O)[nH]1. The van der Waals surface area contributed by atoms with E-state index in [-0.39, 0.29) is 34.7 Å². The van der Waals surface area contributed by atoms with Gasteiger partial charge in [-0.25, -0.2) is 0 Å². The van der Waals surface area contributed by atoms with Crippen LogP contribution in [0.2, 0.25) is 18.1 Å². The Morgan fingerprint density at radius 2 is 1.34 bits per heavy atom. The molecule has 0 saturated carbocycles. The van der Waals surface area contributed by atoms with Crippen molar-refractivity contribution in [3.63, 3.8) is 0 Å². The van der Waals surface area contributed by atoms with Crippen LogP contribution in [0.3, 0.4) is 0 Å². The highest BCUT2D eigenvalue weighted by atomic mass is 127. The lowest BCUT2D eigenvalue weighted by molar-refractivity contribution is -0.0430. The first-order valence-electron chi connectivity index (χ1n) is 14.9. The Bertz CT molecular complexity index is 1890. The van der Waals surface area contributed by atoms with Crippen molar-refractivity contribution in [3.05, 3.63) is 40.2 Å². The number of H-pyrrole nitrogens is 2. The Kier molecular flexibility index (Phi) is 10.5. The lowest BCUT2D eigenvalue weighted by Crippen LogP contribution is -2.43. The minimum atomic E-state index is -1.93. The van der Waals surface area contributed by atoms with Crippen LogP contribution >= 0.6 is 45.2 Å². The van der Waals surface area contributed by atoms with Crippen LogP contribution in [0.4, 0.5) is 11.9 Å².